The quantitative estimate of drug-likeness (QED) is 0.187. The molecule has 2 aromatic heterocycles. The zero-order chi connectivity index (χ0) is 28.8. The molecule has 1 nitrogen and oxygen atoms in total. The van der Waals surface area contributed by atoms with E-state index in [1.54, 1.807) is 0 Å². The van der Waals surface area contributed by atoms with E-state index in [1.165, 1.54) is 69.2 Å². The summed E-state index contributed by atoms with van der Waals surface area (Å²) in [7, 11) is 0. The molecule has 0 radical (unpaired) electrons. The first kappa shape index (κ1) is 24.0. The van der Waals surface area contributed by atoms with Crippen LogP contribution in [0.4, 0.5) is 0 Å². The van der Waals surface area contributed by atoms with Crippen LogP contribution in [0.2, 0.25) is 0 Å². The van der Waals surface area contributed by atoms with Crippen LogP contribution in [0, 0.1) is 0 Å². The van der Waals surface area contributed by atoms with E-state index in [2.05, 4.69) is 146 Å². The van der Waals surface area contributed by atoms with Crippen LogP contribution in [0.25, 0.3) is 96.7 Å². The third kappa shape index (κ3) is 3.29. The van der Waals surface area contributed by atoms with Crippen LogP contribution in [0.15, 0.2) is 150 Å². The Morgan fingerprint density at radius 1 is 0.364 bits per heavy atom. The molecule has 0 atom stereocenters. The van der Waals surface area contributed by atoms with Crippen LogP contribution in [0.3, 0.4) is 0 Å². The Hall–Kier alpha value is -5.44. The summed E-state index contributed by atoms with van der Waals surface area (Å²) in [6, 6.07) is 53.0. The minimum atomic E-state index is 0.918. The molecule has 0 bridgehead atoms. The van der Waals surface area contributed by atoms with Crippen molar-refractivity contribution in [3.8, 4) is 22.3 Å². The van der Waals surface area contributed by atoms with Gasteiger partial charge in [0.25, 0.3) is 0 Å². The summed E-state index contributed by atoms with van der Waals surface area (Å²) in [6.07, 6.45) is 0. The van der Waals surface area contributed by atoms with Crippen molar-refractivity contribution >= 4 is 85.8 Å². The van der Waals surface area contributed by atoms with E-state index >= 15 is 0 Å². The SMILES string of the molecule is c1ccc2c(-c3c4ccccc4c(-c4ccc5c(c4)sc4ccccc45)c4ccccc34)c3oc4ccccc4c3cc2c1. The Labute approximate surface area is 257 Å². The van der Waals surface area contributed by atoms with E-state index in [1.807, 2.05) is 11.3 Å². The molecule has 0 saturated heterocycles. The third-order valence-corrected chi connectivity index (χ3v) is 10.4. The van der Waals surface area contributed by atoms with Crippen molar-refractivity contribution in [2.45, 2.75) is 0 Å². The van der Waals surface area contributed by atoms with Crippen molar-refractivity contribution in [1.29, 1.82) is 0 Å². The third-order valence-electron chi connectivity index (χ3n) is 9.24. The van der Waals surface area contributed by atoms with Crippen molar-refractivity contribution in [1.82, 2.24) is 0 Å². The molecule has 10 aromatic rings. The number of hydrogen-bond donors (Lipinski definition) is 0. The van der Waals surface area contributed by atoms with E-state index in [-0.39, 0.29) is 0 Å². The second-order valence-electron chi connectivity index (χ2n) is 11.6. The summed E-state index contributed by atoms with van der Waals surface area (Å²) in [6.45, 7) is 0. The Bertz CT molecular complexity index is 2720. The van der Waals surface area contributed by atoms with Crippen LogP contribution in [0.1, 0.15) is 0 Å². The summed E-state index contributed by atoms with van der Waals surface area (Å²) in [5, 5.41) is 12.3. The molecule has 0 unspecified atom stereocenters. The predicted molar refractivity (Wildman–Crippen MR) is 190 cm³/mol. The molecule has 0 amide bonds. The van der Waals surface area contributed by atoms with Gasteiger partial charge in [0.15, 0.2) is 0 Å². The van der Waals surface area contributed by atoms with Gasteiger partial charge in [-0.1, -0.05) is 121 Å². The van der Waals surface area contributed by atoms with Crippen molar-refractivity contribution in [2.24, 2.45) is 0 Å². The standard InChI is InChI=1S/C42H24OS/c1-2-12-27-25(11-1)23-35-28-13-7-9-19-36(28)43-42(35)41(27)40-33-17-5-3-15-31(33)39(32-16-4-6-18-34(32)40)26-21-22-30-29-14-8-10-20-37(29)44-38(30)24-26/h1-24H. The van der Waals surface area contributed by atoms with E-state index in [0.29, 0.717) is 0 Å². The van der Waals surface area contributed by atoms with Crippen LogP contribution in [-0.4, -0.2) is 0 Å². The topological polar surface area (TPSA) is 13.1 Å². The predicted octanol–water partition coefficient (Wildman–Crippen LogP) is 12.7. The first-order valence-corrected chi connectivity index (χ1v) is 15.8. The number of para-hydroxylation sites is 1. The van der Waals surface area contributed by atoms with E-state index in [9.17, 15) is 0 Å². The highest BCUT2D eigenvalue weighted by molar-refractivity contribution is 7.25. The van der Waals surface area contributed by atoms with Crippen LogP contribution >= 0.6 is 11.3 Å². The lowest BCUT2D eigenvalue weighted by atomic mass is 9.84. The van der Waals surface area contributed by atoms with Gasteiger partial charge in [-0.3, -0.25) is 0 Å². The van der Waals surface area contributed by atoms with Crippen LogP contribution < -0.4 is 0 Å². The molecule has 0 aliphatic heterocycles. The second kappa shape index (κ2) is 9.03. The molecular weight excluding hydrogens is 553 g/mol. The molecule has 2 heteroatoms. The lowest BCUT2D eigenvalue weighted by molar-refractivity contribution is 0.670. The zero-order valence-electron chi connectivity index (χ0n) is 23.7. The van der Waals surface area contributed by atoms with Crippen molar-refractivity contribution in [3.05, 3.63) is 146 Å². The smallest absolute Gasteiger partial charge is 0.143 e. The van der Waals surface area contributed by atoms with Gasteiger partial charge in [-0.15, -0.1) is 11.3 Å². The maximum atomic E-state index is 6.74. The number of rotatable bonds is 2. The summed E-state index contributed by atoms with van der Waals surface area (Å²) in [4.78, 5) is 0. The summed E-state index contributed by atoms with van der Waals surface area (Å²) >= 11 is 1.87. The molecule has 2 heterocycles. The molecule has 10 rings (SSSR count). The summed E-state index contributed by atoms with van der Waals surface area (Å²) in [5.41, 5.74) is 6.77. The Morgan fingerprint density at radius 3 is 1.68 bits per heavy atom. The Balaban J connectivity index is 1.38. The first-order chi connectivity index (χ1) is 21.8. The molecule has 0 saturated carbocycles. The highest BCUT2D eigenvalue weighted by atomic mass is 32.1. The fourth-order valence-corrected chi connectivity index (χ4v) is 8.51. The molecule has 0 aliphatic carbocycles. The molecule has 0 fully saturated rings. The molecule has 0 N–H and O–H groups in total. The summed E-state index contributed by atoms with van der Waals surface area (Å²) < 4.78 is 9.38. The summed E-state index contributed by atoms with van der Waals surface area (Å²) in [5.74, 6) is 0. The van der Waals surface area contributed by atoms with Crippen molar-refractivity contribution < 1.29 is 4.42 Å². The second-order valence-corrected chi connectivity index (χ2v) is 12.7. The van der Waals surface area contributed by atoms with Crippen LogP contribution in [0.5, 0.6) is 0 Å². The molecule has 44 heavy (non-hydrogen) atoms. The van der Waals surface area contributed by atoms with E-state index in [4.69, 9.17) is 4.42 Å². The van der Waals surface area contributed by atoms with Crippen LogP contribution in [-0.2, 0) is 0 Å². The van der Waals surface area contributed by atoms with Gasteiger partial charge in [-0.25, -0.2) is 0 Å². The average molecular weight is 577 g/mol. The van der Waals surface area contributed by atoms with Gasteiger partial charge in [0, 0.05) is 42.1 Å². The number of fused-ring (bicyclic) bond motifs is 9. The monoisotopic (exact) mass is 576 g/mol. The van der Waals surface area contributed by atoms with Gasteiger partial charge in [-0.2, -0.15) is 0 Å². The molecule has 8 aromatic carbocycles. The van der Waals surface area contributed by atoms with E-state index in [0.717, 1.165) is 27.5 Å². The van der Waals surface area contributed by atoms with Gasteiger partial charge in [0.1, 0.15) is 11.2 Å². The molecule has 0 spiro atoms. The number of thiophene rings is 1. The maximum absolute atomic E-state index is 6.74. The molecule has 0 aliphatic rings. The highest BCUT2D eigenvalue weighted by Gasteiger charge is 2.22. The number of benzene rings is 8. The minimum Gasteiger partial charge on any atom is -0.455 e. The largest absolute Gasteiger partial charge is 0.455 e. The van der Waals surface area contributed by atoms with Gasteiger partial charge >= 0.3 is 0 Å². The minimum absolute atomic E-state index is 0.918. The Morgan fingerprint density at radius 2 is 0.932 bits per heavy atom. The highest BCUT2D eigenvalue weighted by Crippen LogP contribution is 2.49. The van der Waals surface area contributed by atoms with E-state index < -0.39 is 0 Å². The van der Waals surface area contributed by atoms with Gasteiger partial charge in [0.05, 0.1) is 0 Å². The van der Waals surface area contributed by atoms with Gasteiger partial charge in [-0.05, 0) is 67.7 Å². The maximum Gasteiger partial charge on any atom is 0.143 e. The normalized spacial score (nSPS) is 12.1. The number of furan rings is 1. The fourth-order valence-electron chi connectivity index (χ4n) is 7.36. The molecule has 204 valence electrons. The molecular formula is C42H24OS. The van der Waals surface area contributed by atoms with Gasteiger partial charge < -0.3 is 4.42 Å². The first-order valence-electron chi connectivity index (χ1n) is 15.0. The van der Waals surface area contributed by atoms with Crippen molar-refractivity contribution in [3.63, 3.8) is 0 Å². The zero-order valence-corrected chi connectivity index (χ0v) is 24.5. The lowest BCUT2D eigenvalue weighted by Gasteiger charge is -2.19. The Kier molecular flexibility index (Phi) is 4.94. The van der Waals surface area contributed by atoms with Crippen molar-refractivity contribution in [2.75, 3.05) is 0 Å². The fraction of sp³-hybridized carbons (Fsp3) is 0. The number of hydrogen-bond acceptors (Lipinski definition) is 2. The average Bonchev–Trinajstić information content (AvgIpc) is 3.64. The lowest BCUT2D eigenvalue weighted by Crippen LogP contribution is -1.92. The van der Waals surface area contributed by atoms with Gasteiger partial charge in [0.2, 0.25) is 0 Å².